The van der Waals surface area contributed by atoms with Crippen molar-refractivity contribution < 1.29 is 14.3 Å². The smallest absolute Gasteiger partial charge is 0.286 e. The molecule has 1 fully saturated rings. The van der Waals surface area contributed by atoms with Gasteiger partial charge in [0.05, 0.1) is 23.7 Å². The Morgan fingerprint density at radius 3 is 2.76 bits per heavy atom. The van der Waals surface area contributed by atoms with E-state index in [2.05, 4.69) is 16.8 Å². The lowest BCUT2D eigenvalue weighted by molar-refractivity contribution is -0.113. The van der Waals surface area contributed by atoms with Gasteiger partial charge in [0.1, 0.15) is 5.75 Å². The van der Waals surface area contributed by atoms with Crippen LogP contribution in [0.4, 0.5) is 0 Å². The maximum atomic E-state index is 12.3. The van der Waals surface area contributed by atoms with Gasteiger partial charge in [0.15, 0.2) is 5.17 Å². The number of para-hydroxylation sites is 1. The standard InChI is InChI=1S/C19H24N2O3S/c1-4-9-23-16-8-6-5-7-15(16)10-17-18(22)20-19(25-17)21-11-13(2)24-14(3)12-21/h5-8,10,13-14H,4,9,11-12H2,1-3H3/b17-10+/t13-,14-/m0/s1. The van der Waals surface area contributed by atoms with E-state index in [4.69, 9.17) is 9.47 Å². The van der Waals surface area contributed by atoms with Crippen LogP contribution in [-0.4, -0.2) is 47.9 Å². The Hall–Kier alpha value is -1.79. The summed E-state index contributed by atoms with van der Waals surface area (Å²) in [7, 11) is 0. The van der Waals surface area contributed by atoms with Gasteiger partial charge in [-0.3, -0.25) is 4.79 Å². The predicted molar refractivity (Wildman–Crippen MR) is 102 cm³/mol. The quantitative estimate of drug-likeness (QED) is 0.769. The molecule has 0 bridgehead atoms. The highest BCUT2D eigenvalue weighted by Crippen LogP contribution is 2.33. The highest BCUT2D eigenvalue weighted by atomic mass is 32.2. The number of morpholine rings is 1. The van der Waals surface area contributed by atoms with Gasteiger partial charge >= 0.3 is 0 Å². The van der Waals surface area contributed by atoms with E-state index in [-0.39, 0.29) is 18.1 Å². The van der Waals surface area contributed by atoms with Crippen LogP contribution in [0, 0.1) is 0 Å². The van der Waals surface area contributed by atoms with Crippen molar-refractivity contribution in [1.29, 1.82) is 0 Å². The highest BCUT2D eigenvalue weighted by Gasteiger charge is 2.31. The number of amides is 1. The molecule has 25 heavy (non-hydrogen) atoms. The number of rotatable bonds is 4. The largest absolute Gasteiger partial charge is 0.493 e. The minimum Gasteiger partial charge on any atom is -0.493 e. The lowest BCUT2D eigenvalue weighted by Gasteiger charge is -2.35. The first kappa shape index (κ1) is 18.0. The summed E-state index contributed by atoms with van der Waals surface area (Å²) >= 11 is 1.43. The van der Waals surface area contributed by atoms with E-state index in [0.717, 1.165) is 36.0 Å². The van der Waals surface area contributed by atoms with Crippen molar-refractivity contribution >= 4 is 28.9 Å². The van der Waals surface area contributed by atoms with Crippen LogP contribution in [0.25, 0.3) is 6.08 Å². The molecule has 0 radical (unpaired) electrons. The number of hydrogen-bond acceptors (Lipinski definition) is 5. The van der Waals surface area contributed by atoms with Gasteiger partial charge in [0.2, 0.25) is 0 Å². The van der Waals surface area contributed by atoms with Gasteiger partial charge in [-0.05, 0) is 44.2 Å². The van der Waals surface area contributed by atoms with E-state index in [1.54, 1.807) is 0 Å². The summed E-state index contributed by atoms with van der Waals surface area (Å²) in [6, 6.07) is 7.78. The summed E-state index contributed by atoms with van der Waals surface area (Å²) in [6.45, 7) is 8.33. The third-order valence-electron chi connectivity index (χ3n) is 3.97. The molecule has 0 aliphatic carbocycles. The zero-order valence-corrected chi connectivity index (χ0v) is 15.7. The molecule has 134 valence electrons. The first-order chi connectivity index (χ1) is 12.1. The summed E-state index contributed by atoms with van der Waals surface area (Å²) in [4.78, 5) is 19.4. The van der Waals surface area contributed by atoms with Crippen molar-refractivity contribution in [3.63, 3.8) is 0 Å². The zero-order valence-electron chi connectivity index (χ0n) is 14.9. The fraction of sp³-hybridized carbons (Fsp3) is 0.474. The minimum absolute atomic E-state index is 0.137. The summed E-state index contributed by atoms with van der Waals surface area (Å²) in [5, 5.41) is 0.769. The predicted octanol–water partition coefficient (Wildman–Crippen LogP) is 3.55. The van der Waals surface area contributed by atoms with Gasteiger partial charge in [-0.15, -0.1) is 0 Å². The number of carbonyl (C=O) groups excluding carboxylic acids is 1. The highest BCUT2D eigenvalue weighted by molar-refractivity contribution is 8.18. The summed E-state index contributed by atoms with van der Waals surface area (Å²) in [6.07, 6.45) is 3.10. The van der Waals surface area contributed by atoms with Crippen LogP contribution in [0.3, 0.4) is 0 Å². The summed E-state index contributed by atoms with van der Waals surface area (Å²) < 4.78 is 11.5. The van der Waals surface area contributed by atoms with Crippen LogP contribution in [0.2, 0.25) is 0 Å². The lowest BCUT2D eigenvalue weighted by Crippen LogP contribution is -2.47. The molecule has 1 saturated heterocycles. The van der Waals surface area contributed by atoms with E-state index < -0.39 is 0 Å². The SMILES string of the molecule is CCCOc1ccccc1/C=C1/SC(N2C[C@H](C)O[C@@H](C)C2)=NC1=O. The maximum absolute atomic E-state index is 12.3. The van der Waals surface area contributed by atoms with E-state index in [9.17, 15) is 4.79 Å². The number of thioether (sulfide) groups is 1. The normalized spacial score (nSPS) is 25.4. The fourth-order valence-corrected chi connectivity index (χ4v) is 3.87. The van der Waals surface area contributed by atoms with Crippen LogP contribution in [-0.2, 0) is 9.53 Å². The Labute approximate surface area is 153 Å². The van der Waals surface area contributed by atoms with Crippen molar-refractivity contribution in [1.82, 2.24) is 4.90 Å². The van der Waals surface area contributed by atoms with E-state index in [1.807, 2.05) is 44.2 Å². The topological polar surface area (TPSA) is 51.1 Å². The summed E-state index contributed by atoms with van der Waals surface area (Å²) in [5.41, 5.74) is 0.909. The molecule has 2 heterocycles. The molecule has 0 N–H and O–H groups in total. The maximum Gasteiger partial charge on any atom is 0.286 e. The Balaban J connectivity index is 1.75. The second kappa shape index (κ2) is 8.06. The molecule has 5 nitrogen and oxygen atoms in total. The zero-order chi connectivity index (χ0) is 17.8. The number of amidine groups is 1. The summed E-state index contributed by atoms with van der Waals surface area (Å²) in [5.74, 6) is 0.615. The molecule has 1 aromatic rings. The number of aliphatic imine (C=N–C) groups is 1. The molecular weight excluding hydrogens is 336 g/mol. The Bertz CT molecular complexity index is 692. The van der Waals surface area contributed by atoms with Crippen molar-refractivity contribution in [2.45, 2.75) is 39.4 Å². The van der Waals surface area contributed by atoms with E-state index >= 15 is 0 Å². The number of ether oxygens (including phenoxy) is 2. The third-order valence-corrected chi connectivity index (χ3v) is 5.01. The monoisotopic (exact) mass is 360 g/mol. The lowest BCUT2D eigenvalue weighted by atomic mass is 10.2. The third kappa shape index (κ3) is 4.44. The van der Waals surface area contributed by atoms with E-state index in [1.165, 1.54) is 11.8 Å². The second-order valence-corrected chi connectivity index (χ2v) is 7.37. The average molecular weight is 360 g/mol. The molecule has 0 unspecified atom stereocenters. The van der Waals surface area contributed by atoms with Gasteiger partial charge in [-0.25, -0.2) is 0 Å². The Morgan fingerprint density at radius 2 is 2.04 bits per heavy atom. The van der Waals surface area contributed by atoms with Crippen LogP contribution in [0.5, 0.6) is 5.75 Å². The van der Waals surface area contributed by atoms with Crippen LogP contribution in [0.15, 0.2) is 34.2 Å². The molecule has 2 aliphatic rings. The molecule has 1 amide bonds. The molecule has 0 aromatic heterocycles. The first-order valence-electron chi connectivity index (χ1n) is 8.71. The minimum atomic E-state index is -0.183. The van der Waals surface area contributed by atoms with Gasteiger partial charge < -0.3 is 14.4 Å². The first-order valence-corrected chi connectivity index (χ1v) is 9.53. The number of carbonyl (C=O) groups is 1. The average Bonchev–Trinajstić information content (AvgIpc) is 2.94. The van der Waals surface area contributed by atoms with Crippen LogP contribution >= 0.6 is 11.8 Å². The van der Waals surface area contributed by atoms with Gasteiger partial charge in [-0.2, -0.15) is 4.99 Å². The molecule has 2 atom stereocenters. The molecular formula is C19H24N2O3S. The van der Waals surface area contributed by atoms with Gasteiger partial charge in [0, 0.05) is 18.7 Å². The van der Waals surface area contributed by atoms with Gasteiger partial charge in [0.25, 0.3) is 5.91 Å². The number of benzene rings is 1. The van der Waals surface area contributed by atoms with Gasteiger partial charge in [-0.1, -0.05) is 25.1 Å². The van der Waals surface area contributed by atoms with Crippen molar-refractivity contribution in [3.8, 4) is 5.75 Å². The molecule has 1 aromatic carbocycles. The van der Waals surface area contributed by atoms with E-state index in [0.29, 0.717) is 11.5 Å². The Kier molecular flexibility index (Phi) is 5.81. The van der Waals surface area contributed by atoms with Crippen molar-refractivity contribution in [2.24, 2.45) is 4.99 Å². The molecule has 0 spiro atoms. The second-order valence-electron chi connectivity index (χ2n) is 6.36. The number of nitrogens with zero attached hydrogens (tertiary/aromatic N) is 2. The molecule has 2 aliphatic heterocycles. The van der Waals surface area contributed by atoms with Crippen LogP contribution in [0.1, 0.15) is 32.8 Å². The molecule has 0 saturated carbocycles. The van der Waals surface area contributed by atoms with Crippen LogP contribution < -0.4 is 4.74 Å². The fourth-order valence-electron chi connectivity index (χ4n) is 2.95. The van der Waals surface area contributed by atoms with Crippen molar-refractivity contribution in [2.75, 3.05) is 19.7 Å². The molecule has 3 rings (SSSR count). The Morgan fingerprint density at radius 1 is 1.32 bits per heavy atom. The number of hydrogen-bond donors (Lipinski definition) is 0. The molecule has 6 heteroatoms. The van der Waals surface area contributed by atoms with Crippen molar-refractivity contribution in [3.05, 3.63) is 34.7 Å².